The predicted molar refractivity (Wildman–Crippen MR) is 107 cm³/mol. The van der Waals surface area contributed by atoms with Gasteiger partial charge in [0.2, 0.25) is 0 Å². The third-order valence-electron chi connectivity index (χ3n) is 4.60. The molecule has 0 N–H and O–H groups in total. The summed E-state index contributed by atoms with van der Waals surface area (Å²) in [5.41, 5.74) is 8.84. The van der Waals surface area contributed by atoms with Crippen LogP contribution >= 0.6 is 0 Å². The zero-order valence-electron chi connectivity index (χ0n) is 14.3. The number of rotatable bonds is 3. The highest BCUT2D eigenvalue weighted by Gasteiger charge is 2.08. The highest BCUT2D eigenvalue weighted by molar-refractivity contribution is 5.82. The third kappa shape index (κ3) is 3.25. The van der Waals surface area contributed by atoms with Crippen LogP contribution in [0.3, 0.4) is 0 Å². The maximum absolute atomic E-state index is 2.30. The third-order valence-corrected chi connectivity index (χ3v) is 4.60. The number of benzene rings is 4. The van der Waals surface area contributed by atoms with E-state index in [0.717, 1.165) is 0 Å². The minimum atomic E-state index is 1.25. The van der Waals surface area contributed by atoms with Gasteiger partial charge in [0.25, 0.3) is 0 Å². The Kier molecular flexibility index (Phi) is 4.18. The molecule has 0 aliphatic carbocycles. The molecule has 4 rings (SSSR count). The van der Waals surface area contributed by atoms with Crippen LogP contribution in [0.2, 0.25) is 0 Å². The second-order valence-corrected chi connectivity index (χ2v) is 6.35. The summed E-state index contributed by atoms with van der Waals surface area (Å²) < 4.78 is 0. The van der Waals surface area contributed by atoms with Crippen LogP contribution in [0.4, 0.5) is 0 Å². The molecule has 0 aromatic heterocycles. The van der Waals surface area contributed by atoms with Crippen molar-refractivity contribution >= 4 is 0 Å². The Morgan fingerprint density at radius 2 is 0.840 bits per heavy atom. The summed E-state index contributed by atoms with van der Waals surface area (Å²) in [5.74, 6) is 0. The van der Waals surface area contributed by atoms with Gasteiger partial charge in [0.1, 0.15) is 0 Å². The second kappa shape index (κ2) is 6.78. The zero-order valence-corrected chi connectivity index (χ0v) is 14.3. The first kappa shape index (κ1) is 15.4. The minimum Gasteiger partial charge on any atom is -0.0622 e. The number of hydrogen-bond donors (Lipinski definition) is 0. The molecule has 0 unspecified atom stereocenters. The average molecular weight is 320 g/mol. The van der Waals surface area contributed by atoms with Crippen LogP contribution < -0.4 is 0 Å². The lowest BCUT2D eigenvalue weighted by Gasteiger charge is -2.12. The maximum atomic E-state index is 2.30. The van der Waals surface area contributed by atoms with Crippen LogP contribution in [0, 0.1) is 6.92 Å². The molecule has 0 amide bonds. The lowest BCUT2D eigenvalue weighted by Crippen LogP contribution is -1.87. The van der Waals surface area contributed by atoms with Crippen molar-refractivity contribution in [2.75, 3.05) is 0 Å². The fourth-order valence-electron chi connectivity index (χ4n) is 3.27. The van der Waals surface area contributed by atoms with Crippen molar-refractivity contribution in [2.45, 2.75) is 6.92 Å². The van der Waals surface area contributed by atoms with Crippen LogP contribution in [-0.2, 0) is 0 Å². The fraction of sp³-hybridized carbons (Fsp3) is 0.0400. The van der Waals surface area contributed by atoms with Gasteiger partial charge in [-0.3, -0.25) is 0 Å². The molecule has 25 heavy (non-hydrogen) atoms. The molecule has 0 aliphatic rings. The summed E-state index contributed by atoms with van der Waals surface area (Å²) in [4.78, 5) is 0. The lowest BCUT2D eigenvalue weighted by atomic mass is 9.92. The molecule has 0 saturated carbocycles. The monoisotopic (exact) mass is 320 g/mol. The summed E-state index contributed by atoms with van der Waals surface area (Å²) in [6.07, 6.45) is 0. The van der Waals surface area contributed by atoms with Gasteiger partial charge in [-0.2, -0.15) is 0 Å². The molecule has 0 bridgehead atoms. The van der Waals surface area contributed by atoms with E-state index < -0.39 is 0 Å². The molecular formula is C25H20. The van der Waals surface area contributed by atoms with Gasteiger partial charge in [0, 0.05) is 0 Å². The van der Waals surface area contributed by atoms with Gasteiger partial charge in [-0.05, 0) is 64.1 Å². The van der Waals surface area contributed by atoms with E-state index in [1.807, 2.05) is 0 Å². The molecule has 0 saturated heterocycles. The normalized spacial score (nSPS) is 10.6. The van der Waals surface area contributed by atoms with E-state index in [1.165, 1.54) is 38.9 Å². The summed E-state index contributed by atoms with van der Waals surface area (Å²) in [5, 5.41) is 0. The van der Waals surface area contributed by atoms with Crippen LogP contribution in [0.5, 0.6) is 0 Å². The van der Waals surface area contributed by atoms with Crippen LogP contribution in [0.25, 0.3) is 33.4 Å². The predicted octanol–water partition coefficient (Wildman–Crippen LogP) is 7.00. The first-order valence-corrected chi connectivity index (χ1v) is 8.63. The Bertz CT molecular complexity index is 925. The highest BCUT2D eigenvalue weighted by atomic mass is 14.1. The SMILES string of the molecule is Cc1ccccc1-c1cc(-c2ccccc2)cc(-c2ccccc2)c1. The molecule has 0 atom stereocenters. The summed E-state index contributed by atoms with van der Waals surface area (Å²) >= 11 is 0. The molecule has 0 heterocycles. The fourth-order valence-corrected chi connectivity index (χ4v) is 3.27. The molecule has 0 aliphatic heterocycles. The van der Waals surface area contributed by atoms with E-state index in [1.54, 1.807) is 0 Å². The molecule has 4 aromatic carbocycles. The Balaban J connectivity index is 1.94. The number of aryl methyl sites for hydroxylation is 1. The van der Waals surface area contributed by atoms with E-state index in [0.29, 0.717) is 0 Å². The standard InChI is InChI=1S/C25H20/c1-19-10-8-9-15-25(19)24-17-22(20-11-4-2-5-12-20)16-23(18-24)21-13-6-3-7-14-21/h2-18H,1H3. The van der Waals surface area contributed by atoms with Crippen LogP contribution in [0.1, 0.15) is 5.56 Å². The molecule has 0 nitrogen and oxygen atoms in total. The van der Waals surface area contributed by atoms with Crippen molar-refractivity contribution in [1.29, 1.82) is 0 Å². The lowest BCUT2D eigenvalue weighted by molar-refractivity contribution is 1.46. The van der Waals surface area contributed by atoms with E-state index >= 15 is 0 Å². The van der Waals surface area contributed by atoms with E-state index in [9.17, 15) is 0 Å². The van der Waals surface area contributed by atoms with Gasteiger partial charge in [0.05, 0.1) is 0 Å². The molecule has 120 valence electrons. The van der Waals surface area contributed by atoms with Crippen LogP contribution in [0.15, 0.2) is 103 Å². The van der Waals surface area contributed by atoms with Gasteiger partial charge in [0.15, 0.2) is 0 Å². The van der Waals surface area contributed by atoms with Crippen molar-refractivity contribution < 1.29 is 0 Å². The quantitative estimate of drug-likeness (QED) is 0.381. The minimum absolute atomic E-state index is 1.25. The first-order chi connectivity index (χ1) is 12.3. The van der Waals surface area contributed by atoms with E-state index in [2.05, 4.69) is 110 Å². The summed E-state index contributed by atoms with van der Waals surface area (Å²) in [7, 11) is 0. The molecule has 0 spiro atoms. The largest absolute Gasteiger partial charge is 0.0622 e. The smallest absolute Gasteiger partial charge is 0.0154 e. The van der Waals surface area contributed by atoms with Crippen LogP contribution in [-0.4, -0.2) is 0 Å². The molecular weight excluding hydrogens is 300 g/mol. The van der Waals surface area contributed by atoms with E-state index in [-0.39, 0.29) is 0 Å². The Morgan fingerprint density at radius 3 is 1.36 bits per heavy atom. The zero-order chi connectivity index (χ0) is 17.1. The topological polar surface area (TPSA) is 0 Å². The van der Waals surface area contributed by atoms with Crippen molar-refractivity contribution in [2.24, 2.45) is 0 Å². The Labute approximate surface area is 149 Å². The molecule has 0 radical (unpaired) electrons. The average Bonchev–Trinajstić information content (AvgIpc) is 2.69. The van der Waals surface area contributed by atoms with Crippen molar-refractivity contribution in [3.63, 3.8) is 0 Å². The first-order valence-electron chi connectivity index (χ1n) is 8.63. The van der Waals surface area contributed by atoms with Gasteiger partial charge in [-0.1, -0.05) is 84.9 Å². The summed E-state index contributed by atoms with van der Waals surface area (Å²) in [6, 6.07) is 36.7. The van der Waals surface area contributed by atoms with Crippen molar-refractivity contribution in [1.82, 2.24) is 0 Å². The van der Waals surface area contributed by atoms with E-state index in [4.69, 9.17) is 0 Å². The van der Waals surface area contributed by atoms with Crippen molar-refractivity contribution in [3.8, 4) is 33.4 Å². The Hall–Kier alpha value is -3.12. The Morgan fingerprint density at radius 1 is 0.400 bits per heavy atom. The van der Waals surface area contributed by atoms with Gasteiger partial charge < -0.3 is 0 Å². The number of hydrogen-bond acceptors (Lipinski definition) is 0. The maximum Gasteiger partial charge on any atom is -0.0154 e. The molecule has 0 fully saturated rings. The molecule has 4 aromatic rings. The summed E-state index contributed by atoms with van der Waals surface area (Å²) in [6.45, 7) is 2.17. The van der Waals surface area contributed by atoms with Crippen molar-refractivity contribution in [3.05, 3.63) is 109 Å². The van der Waals surface area contributed by atoms with Gasteiger partial charge in [-0.15, -0.1) is 0 Å². The highest BCUT2D eigenvalue weighted by Crippen LogP contribution is 2.33. The van der Waals surface area contributed by atoms with Gasteiger partial charge in [-0.25, -0.2) is 0 Å². The second-order valence-electron chi connectivity index (χ2n) is 6.35. The molecule has 0 heteroatoms. The van der Waals surface area contributed by atoms with Gasteiger partial charge >= 0.3 is 0 Å².